The first-order valence-electron chi connectivity index (χ1n) is 7.76. The van der Waals surface area contributed by atoms with Crippen LogP contribution in [0.5, 0.6) is 5.75 Å². The molecule has 0 bridgehead atoms. The summed E-state index contributed by atoms with van der Waals surface area (Å²) in [7, 11) is 0. The fourth-order valence-corrected chi connectivity index (χ4v) is 3.43. The van der Waals surface area contributed by atoms with E-state index in [9.17, 15) is 9.90 Å². The van der Waals surface area contributed by atoms with Crippen molar-refractivity contribution in [2.75, 3.05) is 0 Å². The number of benzene rings is 2. The van der Waals surface area contributed by atoms with E-state index in [1.807, 2.05) is 53.9 Å². The molecule has 4 heteroatoms. The Morgan fingerprint density at radius 1 is 0.958 bits per heavy atom. The molecule has 0 aliphatic heterocycles. The van der Waals surface area contributed by atoms with Crippen molar-refractivity contribution in [2.45, 2.75) is 18.4 Å². The number of hydrogen-bond acceptors (Lipinski definition) is 4. The number of para-hydroxylation sites is 1. The van der Waals surface area contributed by atoms with Crippen LogP contribution in [-0.2, 0) is 11.2 Å². The van der Waals surface area contributed by atoms with E-state index in [2.05, 4.69) is 0 Å². The second-order valence-electron chi connectivity index (χ2n) is 5.49. The molecule has 2 unspecified atom stereocenters. The molecule has 0 aliphatic rings. The average Bonchev–Trinajstić information content (AvgIpc) is 3.15. The van der Waals surface area contributed by atoms with Crippen LogP contribution in [0.25, 0.3) is 0 Å². The van der Waals surface area contributed by atoms with E-state index >= 15 is 0 Å². The van der Waals surface area contributed by atoms with E-state index in [-0.39, 0.29) is 5.92 Å². The Kier molecular flexibility index (Phi) is 5.41. The predicted molar refractivity (Wildman–Crippen MR) is 95.3 cm³/mol. The molecule has 1 N–H and O–H groups in total. The first-order chi connectivity index (χ1) is 11.7. The monoisotopic (exact) mass is 338 g/mol. The van der Waals surface area contributed by atoms with Gasteiger partial charge in [0.05, 0.1) is 0 Å². The third-order valence-electron chi connectivity index (χ3n) is 3.79. The van der Waals surface area contributed by atoms with E-state index in [1.54, 1.807) is 24.3 Å². The largest absolute Gasteiger partial charge is 0.425 e. The number of carbonyl (C=O) groups excluding carboxylic acids is 1. The highest BCUT2D eigenvalue weighted by atomic mass is 32.1. The second kappa shape index (κ2) is 7.90. The average molecular weight is 338 g/mol. The van der Waals surface area contributed by atoms with E-state index in [0.29, 0.717) is 12.2 Å². The third kappa shape index (κ3) is 4.10. The number of ether oxygens (including phenoxy) is 1. The first kappa shape index (κ1) is 16.4. The van der Waals surface area contributed by atoms with Gasteiger partial charge in [-0.1, -0.05) is 54.6 Å². The molecular weight excluding hydrogens is 320 g/mol. The van der Waals surface area contributed by atoms with Crippen LogP contribution in [0.2, 0.25) is 0 Å². The van der Waals surface area contributed by atoms with Gasteiger partial charge in [-0.3, -0.25) is 0 Å². The van der Waals surface area contributed by atoms with Crippen molar-refractivity contribution in [2.24, 2.45) is 0 Å². The Labute approximate surface area is 145 Å². The van der Waals surface area contributed by atoms with Crippen molar-refractivity contribution < 1.29 is 14.6 Å². The standard InChI is InChI=1S/C20H18O3S/c21-19(20(22)23-16-10-5-2-6-11-16)17(18-12-7-13-24-18)14-15-8-3-1-4-9-15/h1-13,17,19,21H,14H2. The summed E-state index contributed by atoms with van der Waals surface area (Å²) in [5, 5.41) is 12.6. The predicted octanol–water partition coefficient (Wildman–Crippen LogP) is 4.04. The summed E-state index contributed by atoms with van der Waals surface area (Å²) in [5.41, 5.74) is 1.07. The Morgan fingerprint density at radius 3 is 2.25 bits per heavy atom. The maximum absolute atomic E-state index is 12.4. The van der Waals surface area contributed by atoms with Crippen LogP contribution in [0, 0.1) is 0 Å². The molecule has 2 atom stereocenters. The molecule has 122 valence electrons. The lowest BCUT2D eigenvalue weighted by atomic mass is 9.92. The van der Waals surface area contributed by atoms with Crippen LogP contribution in [0.1, 0.15) is 16.4 Å². The molecule has 0 saturated heterocycles. The molecule has 0 aliphatic carbocycles. The summed E-state index contributed by atoms with van der Waals surface area (Å²) in [6, 6.07) is 22.5. The molecule has 2 aromatic carbocycles. The van der Waals surface area contributed by atoms with Gasteiger partial charge in [-0.25, -0.2) is 4.79 Å². The van der Waals surface area contributed by atoms with Crippen LogP contribution >= 0.6 is 11.3 Å². The molecule has 3 aromatic rings. The summed E-state index contributed by atoms with van der Waals surface area (Å²) in [4.78, 5) is 13.3. The number of esters is 1. The normalized spacial score (nSPS) is 13.2. The van der Waals surface area contributed by atoms with Gasteiger partial charge in [0.1, 0.15) is 5.75 Å². The minimum Gasteiger partial charge on any atom is -0.425 e. The Hall–Kier alpha value is -2.43. The van der Waals surface area contributed by atoms with Gasteiger partial charge in [-0.05, 0) is 35.6 Å². The highest BCUT2D eigenvalue weighted by Gasteiger charge is 2.30. The number of hydrogen-bond donors (Lipinski definition) is 1. The van der Waals surface area contributed by atoms with Crippen molar-refractivity contribution in [1.82, 2.24) is 0 Å². The minimum atomic E-state index is -1.22. The smallest absolute Gasteiger partial charge is 0.341 e. The Morgan fingerprint density at radius 2 is 1.62 bits per heavy atom. The number of carbonyl (C=O) groups is 1. The number of aliphatic hydroxyl groups excluding tert-OH is 1. The summed E-state index contributed by atoms with van der Waals surface area (Å²) in [6.45, 7) is 0. The zero-order chi connectivity index (χ0) is 16.8. The van der Waals surface area contributed by atoms with Gasteiger partial charge >= 0.3 is 5.97 Å². The highest BCUT2D eigenvalue weighted by molar-refractivity contribution is 7.10. The minimum absolute atomic E-state index is 0.330. The number of thiophene rings is 1. The van der Waals surface area contributed by atoms with E-state index in [1.165, 1.54) is 11.3 Å². The summed E-state index contributed by atoms with van der Waals surface area (Å²) >= 11 is 1.53. The Balaban J connectivity index is 1.78. The maximum atomic E-state index is 12.4. The first-order valence-corrected chi connectivity index (χ1v) is 8.64. The van der Waals surface area contributed by atoms with E-state index in [0.717, 1.165) is 10.4 Å². The molecule has 1 aromatic heterocycles. The fourth-order valence-electron chi connectivity index (χ4n) is 2.57. The van der Waals surface area contributed by atoms with Gasteiger partial charge in [0.25, 0.3) is 0 Å². The fraction of sp³-hybridized carbons (Fsp3) is 0.150. The molecule has 3 nitrogen and oxygen atoms in total. The summed E-state index contributed by atoms with van der Waals surface area (Å²) < 4.78 is 5.31. The number of aliphatic hydroxyl groups is 1. The second-order valence-corrected chi connectivity index (χ2v) is 6.47. The molecule has 0 spiro atoms. The third-order valence-corrected chi connectivity index (χ3v) is 4.80. The topological polar surface area (TPSA) is 46.5 Å². The van der Waals surface area contributed by atoms with Gasteiger partial charge in [0.2, 0.25) is 0 Å². The maximum Gasteiger partial charge on any atom is 0.341 e. The van der Waals surface area contributed by atoms with E-state index in [4.69, 9.17) is 4.74 Å². The zero-order valence-corrected chi connectivity index (χ0v) is 13.9. The molecule has 0 fully saturated rings. The van der Waals surface area contributed by atoms with Crippen LogP contribution in [0.4, 0.5) is 0 Å². The van der Waals surface area contributed by atoms with Crippen LogP contribution in [0.15, 0.2) is 78.2 Å². The lowest BCUT2D eigenvalue weighted by Crippen LogP contribution is -2.32. The van der Waals surface area contributed by atoms with Crippen LogP contribution in [-0.4, -0.2) is 17.2 Å². The molecule has 1 heterocycles. The lowest BCUT2D eigenvalue weighted by molar-refractivity contribution is -0.144. The highest BCUT2D eigenvalue weighted by Crippen LogP contribution is 2.29. The van der Waals surface area contributed by atoms with Crippen molar-refractivity contribution in [1.29, 1.82) is 0 Å². The molecular formula is C20H18O3S. The molecule has 24 heavy (non-hydrogen) atoms. The van der Waals surface area contributed by atoms with Crippen LogP contribution in [0.3, 0.4) is 0 Å². The van der Waals surface area contributed by atoms with Gasteiger partial charge in [-0.2, -0.15) is 0 Å². The van der Waals surface area contributed by atoms with Gasteiger partial charge in [0, 0.05) is 10.8 Å². The van der Waals surface area contributed by atoms with Crippen LogP contribution < -0.4 is 4.74 Å². The molecule has 0 radical (unpaired) electrons. The van der Waals surface area contributed by atoms with Crippen molar-refractivity contribution in [3.63, 3.8) is 0 Å². The number of rotatable bonds is 6. The summed E-state index contributed by atoms with van der Waals surface area (Å²) in [5.74, 6) is -0.523. The lowest BCUT2D eigenvalue weighted by Gasteiger charge is -2.21. The van der Waals surface area contributed by atoms with Crippen molar-refractivity contribution in [3.05, 3.63) is 88.6 Å². The van der Waals surface area contributed by atoms with Crippen molar-refractivity contribution >= 4 is 17.3 Å². The van der Waals surface area contributed by atoms with Gasteiger partial charge in [-0.15, -0.1) is 11.3 Å². The Bertz CT molecular complexity index is 754. The van der Waals surface area contributed by atoms with E-state index < -0.39 is 12.1 Å². The molecule has 0 amide bonds. The summed E-state index contributed by atoms with van der Waals surface area (Å²) in [6.07, 6.45) is -0.643. The zero-order valence-electron chi connectivity index (χ0n) is 13.0. The molecule has 0 saturated carbocycles. The van der Waals surface area contributed by atoms with Gasteiger partial charge < -0.3 is 9.84 Å². The molecule has 3 rings (SSSR count). The van der Waals surface area contributed by atoms with Gasteiger partial charge in [0.15, 0.2) is 6.10 Å². The van der Waals surface area contributed by atoms with Crippen molar-refractivity contribution in [3.8, 4) is 5.75 Å². The quantitative estimate of drug-likeness (QED) is 0.545. The SMILES string of the molecule is O=C(Oc1ccccc1)C(O)C(Cc1ccccc1)c1cccs1.